The molecule has 3 rings (SSSR count). The molecule has 0 aliphatic carbocycles. The van der Waals surface area contributed by atoms with Crippen LogP contribution in [0.2, 0.25) is 0 Å². The van der Waals surface area contributed by atoms with Crippen LogP contribution < -0.4 is 9.64 Å². The Kier molecular flexibility index (Phi) is 7.07. The Balaban J connectivity index is 1.41. The highest BCUT2D eigenvalue weighted by Gasteiger charge is 2.22. The summed E-state index contributed by atoms with van der Waals surface area (Å²) in [5.41, 5.74) is 2.85. The minimum atomic E-state index is -0.598. The van der Waals surface area contributed by atoms with Gasteiger partial charge < -0.3 is 19.3 Å². The molecule has 1 heterocycles. The summed E-state index contributed by atoms with van der Waals surface area (Å²) in [6, 6.07) is 12.1. The summed E-state index contributed by atoms with van der Waals surface area (Å²) in [5.74, 6) is -0.243. The maximum Gasteiger partial charge on any atom is 0.344 e. The van der Waals surface area contributed by atoms with E-state index in [1.165, 1.54) is 12.1 Å². The molecule has 1 fully saturated rings. The Bertz CT molecular complexity index is 952. The predicted molar refractivity (Wildman–Crippen MR) is 114 cm³/mol. The number of hydrogen-bond donors (Lipinski definition) is 0. The number of amides is 1. The van der Waals surface area contributed by atoms with Crippen LogP contribution in [0, 0.1) is 24.0 Å². The molecular weight excluding hydrogens is 402 g/mol. The summed E-state index contributed by atoms with van der Waals surface area (Å²) >= 11 is 0. The molecule has 9 nitrogen and oxygen atoms in total. The number of benzene rings is 2. The molecule has 0 saturated carbocycles. The molecule has 1 saturated heterocycles. The van der Waals surface area contributed by atoms with Crippen molar-refractivity contribution in [3.63, 3.8) is 0 Å². The van der Waals surface area contributed by atoms with Crippen LogP contribution in [0.25, 0.3) is 0 Å². The van der Waals surface area contributed by atoms with Gasteiger partial charge in [0.05, 0.1) is 4.92 Å². The van der Waals surface area contributed by atoms with E-state index in [1.54, 1.807) is 17.0 Å². The van der Waals surface area contributed by atoms with Crippen LogP contribution in [0.15, 0.2) is 42.5 Å². The fraction of sp³-hybridized carbons (Fsp3) is 0.364. The molecule has 9 heteroatoms. The van der Waals surface area contributed by atoms with Crippen LogP contribution >= 0.6 is 0 Å². The first-order valence-corrected chi connectivity index (χ1v) is 9.96. The van der Waals surface area contributed by atoms with Crippen LogP contribution in [0.5, 0.6) is 5.75 Å². The van der Waals surface area contributed by atoms with Gasteiger partial charge in [-0.1, -0.05) is 12.1 Å². The number of carbonyl (C=O) groups excluding carboxylic acids is 2. The number of non-ortho nitro benzene ring substituents is 1. The number of piperazine rings is 1. The highest BCUT2D eigenvalue weighted by molar-refractivity contribution is 5.81. The van der Waals surface area contributed by atoms with Crippen LogP contribution in [0.1, 0.15) is 11.1 Å². The molecular formula is C22H25N3O6. The molecule has 1 aliphatic rings. The van der Waals surface area contributed by atoms with E-state index in [1.807, 2.05) is 32.0 Å². The molecule has 2 aromatic rings. The maximum atomic E-state index is 12.4. The van der Waals surface area contributed by atoms with E-state index in [2.05, 4.69) is 4.90 Å². The topological polar surface area (TPSA) is 102 Å². The van der Waals surface area contributed by atoms with Crippen LogP contribution in [-0.2, 0) is 14.3 Å². The van der Waals surface area contributed by atoms with Gasteiger partial charge >= 0.3 is 5.97 Å². The van der Waals surface area contributed by atoms with Gasteiger partial charge in [-0.3, -0.25) is 14.9 Å². The van der Waals surface area contributed by atoms with Crippen molar-refractivity contribution in [1.82, 2.24) is 4.90 Å². The monoisotopic (exact) mass is 427 g/mol. The molecule has 2 aromatic carbocycles. The van der Waals surface area contributed by atoms with Crippen molar-refractivity contribution in [1.29, 1.82) is 0 Å². The molecule has 0 N–H and O–H groups in total. The van der Waals surface area contributed by atoms with Crippen molar-refractivity contribution in [2.45, 2.75) is 13.8 Å². The molecule has 31 heavy (non-hydrogen) atoms. The standard InChI is InChI=1S/C22H25N3O6/c1-16-3-4-17(2)20(13-16)30-15-22(27)31-14-21(26)24-11-9-23(10-12-24)18-5-7-19(8-6-18)25(28)29/h3-8,13H,9-12,14-15H2,1-2H3. The summed E-state index contributed by atoms with van der Waals surface area (Å²) in [4.78, 5) is 38.3. The molecule has 0 radical (unpaired) electrons. The number of anilines is 1. The molecule has 1 aliphatic heterocycles. The normalized spacial score (nSPS) is 13.6. The lowest BCUT2D eigenvalue weighted by Crippen LogP contribution is -2.50. The number of aryl methyl sites for hydroxylation is 2. The minimum Gasteiger partial charge on any atom is -0.482 e. The first-order valence-electron chi connectivity index (χ1n) is 9.96. The lowest BCUT2D eigenvalue weighted by Gasteiger charge is -2.36. The third-order valence-corrected chi connectivity index (χ3v) is 5.10. The smallest absolute Gasteiger partial charge is 0.344 e. The maximum absolute atomic E-state index is 12.4. The summed E-state index contributed by atoms with van der Waals surface area (Å²) < 4.78 is 10.6. The Morgan fingerprint density at radius 2 is 1.68 bits per heavy atom. The zero-order valence-corrected chi connectivity index (χ0v) is 17.6. The highest BCUT2D eigenvalue weighted by atomic mass is 16.6. The van der Waals surface area contributed by atoms with Crippen molar-refractivity contribution in [3.8, 4) is 5.75 Å². The van der Waals surface area contributed by atoms with E-state index in [0.717, 1.165) is 16.8 Å². The van der Waals surface area contributed by atoms with Crippen molar-refractivity contribution in [2.75, 3.05) is 44.3 Å². The first-order chi connectivity index (χ1) is 14.8. The Morgan fingerprint density at radius 1 is 1.00 bits per heavy atom. The Hall–Kier alpha value is -3.62. The van der Waals surface area contributed by atoms with E-state index in [9.17, 15) is 19.7 Å². The minimum absolute atomic E-state index is 0.0425. The van der Waals surface area contributed by atoms with Crippen molar-refractivity contribution in [3.05, 3.63) is 63.7 Å². The molecule has 0 aromatic heterocycles. The molecule has 164 valence electrons. The van der Waals surface area contributed by atoms with E-state index in [0.29, 0.717) is 31.9 Å². The summed E-state index contributed by atoms with van der Waals surface area (Å²) in [7, 11) is 0. The number of rotatable bonds is 7. The lowest BCUT2D eigenvalue weighted by molar-refractivity contribution is -0.384. The van der Waals surface area contributed by atoms with Crippen molar-refractivity contribution >= 4 is 23.3 Å². The second-order valence-corrected chi connectivity index (χ2v) is 7.36. The van der Waals surface area contributed by atoms with Gasteiger partial charge in [0, 0.05) is 44.0 Å². The van der Waals surface area contributed by atoms with Crippen LogP contribution in [-0.4, -0.2) is 61.1 Å². The summed E-state index contributed by atoms with van der Waals surface area (Å²) in [6.07, 6.45) is 0. The zero-order valence-electron chi connectivity index (χ0n) is 17.6. The van der Waals surface area contributed by atoms with Crippen LogP contribution in [0.3, 0.4) is 0 Å². The second kappa shape index (κ2) is 9.92. The number of carbonyl (C=O) groups is 2. The molecule has 0 atom stereocenters. The number of ether oxygens (including phenoxy) is 2. The Labute approximate surface area is 180 Å². The van der Waals surface area contributed by atoms with E-state index < -0.39 is 10.9 Å². The molecule has 1 amide bonds. The number of esters is 1. The van der Waals surface area contributed by atoms with Gasteiger partial charge in [-0.2, -0.15) is 0 Å². The van der Waals surface area contributed by atoms with Crippen LogP contribution in [0.4, 0.5) is 11.4 Å². The Morgan fingerprint density at radius 3 is 2.32 bits per heavy atom. The fourth-order valence-corrected chi connectivity index (χ4v) is 3.27. The summed E-state index contributed by atoms with van der Waals surface area (Å²) in [6.45, 7) is 5.38. The number of nitro benzene ring substituents is 1. The average molecular weight is 427 g/mol. The van der Waals surface area contributed by atoms with Gasteiger partial charge in [0.1, 0.15) is 5.75 Å². The number of hydrogen-bond acceptors (Lipinski definition) is 7. The first kappa shape index (κ1) is 22.1. The third kappa shape index (κ3) is 5.94. The van der Waals surface area contributed by atoms with E-state index in [4.69, 9.17) is 9.47 Å². The number of nitro groups is 1. The van der Waals surface area contributed by atoms with Gasteiger partial charge in [0.15, 0.2) is 13.2 Å². The second-order valence-electron chi connectivity index (χ2n) is 7.36. The molecule has 0 spiro atoms. The summed E-state index contributed by atoms with van der Waals surface area (Å²) in [5, 5.41) is 10.8. The third-order valence-electron chi connectivity index (χ3n) is 5.10. The van der Waals surface area contributed by atoms with E-state index >= 15 is 0 Å². The van der Waals surface area contributed by atoms with E-state index in [-0.39, 0.29) is 24.8 Å². The number of nitrogens with zero attached hydrogens (tertiary/aromatic N) is 3. The van der Waals surface area contributed by atoms with Crippen molar-refractivity contribution in [2.24, 2.45) is 0 Å². The molecule has 0 unspecified atom stereocenters. The largest absolute Gasteiger partial charge is 0.482 e. The highest BCUT2D eigenvalue weighted by Crippen LogP contribution is 2.21. The fourth-order valence-electron chi connectivity index (χ4n) is 3.27. The zero-order chi connectivity index (χ0) is 22.4. The van der Waals surface area contributed by atoms with Gasteiger partial charge in [-0.05, 0) is 43.2 Å². The van der Waals surface area contributed by atoms with Gasteiger partial charge in [-0.25, -0.2) is 4.79 Å². The SMILES string of the molecule is Cc1ccc(C)c(OCC(=O)OCC(=O)N2CCN(c3ccc([N+](=O)[O-])cc3)CC2)c1. The molecule has 0 bridgehead atoms. The van der Waals surface area contributed by atoms with Crippen molar-refractivity contribution < 1.29 is 24.0 Å². The van der Waals surface area contributed by atoms with Gasteiger partial charge in [-0.15, -0.1) is 0 Å². The average Bonchev–Trinajstić information content (AvgIpc) is 2.78. The predicted octanol–water partition coefficient (Wildman–Crippen LogP) is 2.48. The lowest BCUT2D eigenvalue weighted by atomic mass is 10.1. The van der Waals surface area contributed by atoms with Gasteiger partial charge in [0.2, 0.25) is 0 Å². The quantitative estimate of drug-likeness (QED) is 0.380. The van der Waals surface area contributed by atoms with Gasteiger partial charge in [0.25, 0.3) is 11.6 Å².